The van der Waals surface area contributed by atoms with E-state index in [-0.39, 0.29) is 11.8 Å². The van der Waals surface area contributed by atoms with Gasteiger partial charge in [0.05, 0.1) is 0 Å². The third-order valence-electron chi connectivity index (χ3n) is 3.31. The van der Waals surface area contributed by atoms with E-state index in [1.807, 2.05) is 23.2 Å². The molecule has 5 heteroatoms. The molecule has 0 atom stereocenters. The second-order valence-corrected chi connectivity index (χ2v) is 5.50. The molecule has 0 fully saturated rings. The van der Waals surface area contributed by atoms with Gasteiger partial charge in [0.2, 0.25) is 0 Å². The number of urea groups is 1. The first-order valence-electron chi connectivity index (χ1n) is 6.38. The zero-order valence-corrected chi connectivity index (χ0v) is 11.6. The molecule has 3 nitrogen and oxygen atoms in total. The summed E-state index contributed by atoms with van der Waals surface area (Å²) in [6, 6.07) is 6.57. The number of fused-ring (bicyclic) bond motifs is 1. The van der Waals surface area contributed by atoms with Crippen molar-refractivity contribution in [3.8, 4) is 0 Å². The Morgan fingerprint density at radius 3 is 3.00 bits per heavy atom. The maximum absolute atomic E-state index is 13.1. The largest absolute Gasteiger partial charge is 0.337 e. The molecular weight excluding hydrogens is 275 g/mol. The summed E-state index contributed by atoms with van der Waals surface area (Å²) in [6.45, 7) is 1.51. The normalized spacial score (nSPS) is 13.3. The lowest BCUT2D eigenvalue weighted by Gasteiger charge is -2.16. The van der Waals surface area contributed by atoms with Gasteiger partial charge in [-0.2, -0.15) is 11.3 Å². The van der Waals surface area contributed by atoms with Crippen molar-refractivity contribution in [3.05, 3.63) is 64.0 Å². The Bertz CT molecular complexity index is 612. The summed E-state index contributed by atoms with van der Waals surface area (Å²) < 4.78 is 13.1. The summed E-state index contributed by atoms with van der Waals surface area (Å²) in [5, 5.41) is 6.88. The first-order valence-corrected chi connectivity index (χ1v) is 7.32. The van der Waals surface area contributed by atoms with Crippen molar-refractivity contribution in [3.63, 3.8) is 0 Å². The summed E-state index contributed by atoms with van der Waals surface area (Å²) in [5.74, 6) is -0.253. The second-order valence-electron chi connectivity index (χ2n) is 4.72. The third kappa shape index (κ3) is 2.82. The van der Waals surface area contributed by atoms with Crippen LogP contribution in [0, 0.1) is 12.2 Å². The van der Waals surface area contributed by atoms with Gasteiger partial charge in [0.15, 0.2) is 0 Å². The average molecular weight is 289 g/mol. The van der Waals surface area contributed by atoms with Crippen LogP contribution in [-0.4, -0.2) is 17.5 Å². The number of carbonyl (C=O) groups excluding carboxylic acids is 1. The van der Waals surface area contributed by atoms with Gasteiger partial charge in [-0.1, -0.05) is 6.07 Å². The molecule has 2 aromatic rings. The molecule has 1 radical (unpaired) electrons. The number of benzene rings is 1. The minimum Gasteiger partial charge on any atom is -0.337 e. The fraction of sp³-hybridized carbons (Fsp3) is 0.200. The lowest BCUT2D eigenvalue weighted by Crippen LogP contribution is -2.37. The Balaban J connectivity index is 1.52. The maximum atomic E-state index is 13.1. The van der Waals surface area contributed by atoms with E-state index in [4.69, 9.17) is 0 Å². The molecule has 103 valence electrons. The maximum Gasteiger partial charge on any atom is 0.318 e. The molecule has 1 aromatic carbocycles. The molecule has 1 aliphatic heterocycles. The SMILES string of the molecule is O=C(NC[CH]c1ccsc1)N1Cc2ccc(F)cc2C1. The molecule has 0 saturated heterocycles. The number of nitrogens with zero attached hydrogens (tertiary/aromatic N) is 1. The van der Waals surface area contributed by atoms with Gasteiger partial charge in [-0.05, 0) is 45.6 Å². The number of nitrogens with one attached hydrogen (secondary N) is 1. The number of rotatable bonds is 3. The van der Waals surface area contributed by atoms with Crippen LogP contribution in [0.4, 0.5) is 9.18 Å². The van der Waals surface area contributed by atoms with Crippen LogP contribution in [0.2, 0.25) is 0 Å². The fourth-order valence-corrected chi connectivity index (χ4v) is 2.91. The Hall–Kier alpha value is -1.88. The van der Waals surface area contributed by atoms with Crippen molar-refractivity contribution in [1.29, 1.82) is 0 Å². The second kappa shape index (κ2) is 5.63. The predicted octanol–water partition coefficient (Wildman–Crippen LogP) is 3.16. The summed E-state index contributed by atoms with van der Waals surface area (Å²) >= 11 is 1.63. The molecule has 1 aromatic heterocycles. The van der Waals surface area contributed by atoms with Crippen molar-refractivity contribution in [2.45, 2.75) is 13.1 Å². The monoisotopic (exact) mass is 289 g/mol. The van der Waals surface area contributed by atoms with E-state index in [1.165, 1.54) is 12.1 Å². The Labute approximate surface area is 121 Å². The van der Waals surface area contributed by atoms with Crippen molar-refractivity contribution in [2.24, 2.45) is 0 Å². The first-order chi connectivity index (χ1) is 9.72. The van der Waals surface area contributed by atoms with Crippen LogP contribution < -0.4 is 5.32 Å². The molecule has 3 rings (SSSR count). The number of amides is 2. The standard InChI is InChI=1S/C15H14FN2OS/c16-14-2-1-12-8-18(9-13(12)7-14)15(19)17-5-3-11-4-6-20-10-11/h1-4,6-7,10H,5,8-9H2,(H,17,19). The first kappa shape index (κ1) is 13.1. The number of halogens is 1. The highest BCUT2D eigenvalue weighted by atomic mass is 32.1. The molecule has 1 N–H and O–H groups in total. The predicted molar refractivity (Wildman–Crippen MR) is 76.8 cm³/mol. The molecule has 0 aliphatic carbocycles. The highest BCUT2D eigenvalue weighted by molar-refractivity contribution is 7.08. The fourth-order valence-electron chi connectivity index (χ4n) is 2.27. The highest BCUT2D eigenvalue weighted by Gasteiger charge is 2.23. The number of hydrogen-bond acceptors (Lipinski definition) is 2. The smallest absolute Gasteiger partial charge is 0.318 e. The Kier molecular flexibility index (Phi) is 3.69. The van der Waals surface area contributed by atoms with Gasteiger partial charge in [0, 0.05) is 26.1 Å². The van der Waals surface area contributed by atoms with E-state index in [1.54, 1.807) is 22.3 Å². The third-order valence-corrected chi connectivity index (χ3v) is 4.01. The van der Waals surface area contributed by atoms with Gasteiger partial charge in [-0.3, -0.25) is 0 Å². The van der Waals surface area contributed by atoms with Gasteiger partial charge >= 0.3 is 6.03 Å². The topological polar surface area (TPSA) is 32.3 Å². The molecule has 1 aliphatic rings. The van der Waals surface area contributed by atoms with E-state index in [0.29, 0.717) is 19.6 Å². The lowest BCUT2D eigenvalue weighted by molar-refractivity contribution is 0.199. The van der Waals surface area contributed by atoms with Gasteiger partial charge in [-0.15, -0.1) is 0 Å². The van der Waals surface area contributed by atoms with Crippen molar-refractivity contribution in [1.82, 2.24) is 10.2 Å². The van der Waals surface area contributed by atoms with Gasteiger partial charge in [-0.25, -0.2) is 9.18 Å². The van der Waals surface area contributed by atoms with Crippen LogP contribution in [-0.2, 0) is 13.1 Å². The van der Waals surface area contributed by atoms with Crippen molar-refractivity contribution in [2.75, 3.05) is 6.54 Å². The summed E-state index contributed by atoms with van der Waals surface area (Å²) in [4.78, 5) is 13.7. The van der Waals surface area contributed by atoms with Gasteiger partial charge in [0.1, 0.15) is 5.82 Å². The van der Waals surface area contributed by atoms with E-state index in [0.717, 1.165) is 16.7 Å². The zero-order chi connectivity index (χ0) is 13.9. The van der Waals surface area contributed by atoms with Crippen molar-refractivity contribution < 1.29 is 9.18 Å². The van der Waals surface area contributed by atoms with Crippen LogP contribution >= 0.6 is 11.3 Å². The number of carbonyl (C=O) groups is 1. The van der Waals surface area contributed by atoms with E-state index < -0.39 is 0 Å². The van der Waals surface area contributed by atoms with Crippen LogP contribution in [0.5, 0.6) is 0 Å². The van der Waals surface area contributed by atoms with E-state index in [2.05, 4.69) is 5.32 Å². The average Bonchev–Trinajstić information content (AvgIpc) is 3.06. The highest BCUT2D eigenvalue weighted by Crippen LogP contribution is 2.23. The molecular formula is C15H14FN2OS. The molecule has 0 bridgehead atoms. The van der Waals surface area contributed by atoms with Crippen LogP contribution in [0.3, 0.4) is 0 Å². The van der Waals surface area contributed by atoms with E-state index in [9.17, 15) is 9.18 Å². The summed E-state index contributed by atoms with van der Waals surface area (Å²) in [5.41, 5.74) is 3.02. The Morgan fingerprint density at radius 2 is 2.20 bits per heavy atom. The van der Waals surface area contributed by atoms with Crippen LogP contribution in [0.25, 0.3) is 0 Å². The lowest BCUT2D eigenvalue weighted by atomic mass is 10.1. The van der Waals surface area contributed by atoms with Crippen LogP contribution in [0.15, 0.2) is 35.0 Å². The Morgan fingerprint density at radius 1 is 1.35 bits per heavy atom. The van der Waals surface area contributed by atoms with Gasteiger partial charge in [0.25, 0.3) is 0 Å². The van der Waals surface area contributed by atoms with Crippen LogP contribution in [0.1, 0.15) is 16.7 Å². The quantitative estimate of drug-likeness (QED) is 0.925. The molecule has 2 amide bonds. The molecule has 0 unspecified atom stereocenters. The molecule has 20 heavy (non-hydrogen) atoms. The molecule has 0 spiro atoms. The molecule has 2 heterocycles. The minimum absolute atomic E-state index is 0.118. The van der Waals surface area contributed by atoms with E-state index >= 15 is 0 Å². The zero-order valence-electron chi connectivity index (χ0n) is 10.8. The van der Waals surface area contributed by atoms with Gasteiger partial charge < -0.3 is 10.2 Å². The summed E-state index contributed by atoms with van der Waals surface area (Å²) in [7, 11) is 0. The summed E-state index contributed by atoms with van der Waals surface area (Å²) in [6.07, 6.45) is 1.97. The minimum atomic E-state index is -0.253. The number of thiophene rings is 1. The number of hydrogen-bond donors (Lipinski definition) is 1. The molecule has 0 saturated carbocycles. The van der Waals surface area contributed by atoms with Crippen molar-refractivity contribution >= 4 is 17.4 Å².